The molecule has 0 bridgehead atoms. The van der Waals surface area contributed by atoms with Gasteiger partial charge in [0.1, 0.15) is 11.5 Å². The van der Waals surface area contributed by atoms with Crippen LogP contribution in [0.25, 0.3) is 38.6 Å². The van der Waals surface area contributed by atoms with Gasteiger partial charge >= 0.3 is 0 Å². The van der Waals surface area contributed by atoms with Crippen molar-refractivity contribution in [1.29, 1.82) is 0 Å². The summed E-state index contributed by atoms with van der Waals surface area (Å²) < 4.78 is 9.36. The van der Waals surface area contributed by atoms with Crippen LogP contribution in [0.3, 0.4) is 0 Å². The first-order valence-electron chi connectivity index (χ1n) is 13.9. The topological polar surface area (TPSA) is 14.2 Å². The Bertz CT molecular complexity index is 2110. The minimum absolute atomic E-state index is 0.462. The molecule has 0 atom stereocenters. The van der Waals surface area contributed by atoms with E-state index in [1.807, 2.05) is 0 Å². The number of aromatic nitrogens is 1. The van der Waals surface area contributed by atoms with Crippen molar-refractivity contribution < 1.29 is 4.74 Å². The highest BCUT2D eigenvalue weighted by Crippen LogP contribution is 2.63. The molecule has 0 saturated carbocycles. The lowest BCUT2D eigenvalue weighted by molar-refractivity contribution is 0.442. The second-order valence-corrected chi connectivity index (χ2v) is 11.0. The van der Waals surface area contributed by atoms with Crippen molar-refractivity contribution in [1.82, 2.24) is 4.57 Å². The maximum atomic E-state index is 6.99. The van der Waals surface area contributed by atoms with Gasteiger partial charge in [-0.3, -0.25) is 0 Å². The SMILES string of the molecule is Cc1ccc2c(c1)c1c3c(ccc1n2-c1ccccc1)C1(c2ccccc2O3)c2ccccc2-c2ccccc21. The molecule has 2 heterocycles. The number of fused-ring (bicyclic) bond motifs is 13. The molecule has 7 aromatic rings. The first-order chi connectivity index (χ1) is 19.8. The van der Waals surface area contributed by atoms with Gasteiger partial charge in [0.15, 0.2) is 0 Å². The Hall–Kier alpha value is -5.08. The van der Waals surface area contributed by atoms with Crippen LogP contribution in [0.1, 0.15) is 27.8 Å². The van der Waals surface area contributed by atoms with Crippen LogP contribution in [0, 0.1) is 6.92 Å². The number of benzene rings is 6. The third kappa shape index (κ3) is 2.58. The number of nitrogens with zero attached hydrogens (tertiary/aromatic N) is 1. The molecule has 0 saturated heterocycles. The van der Waals surface area contributed by atoms with E-state index < -0.39 is 5.41 Å². The van der Waals surface area contributed by atoms with Crippen LogP contribution in [0.15, 0.2) is 133 Å². The number of para-hydroxylation sites is 2. The number of ether oxygens (including phenoxy) is 1. The van der Waals surface area contributed by atoms with E-state index in [1.165, 1.54) is 49.8 Å². The predicted octanol–water partition coefficient (Wildman–Crippen LogP) is 9.56. The summed E-state index contributed by atoms with van der Waals surface area (Å²) in [5, 5.41) is 2.38. The largest absolute Gasteiger partial charge is 0.456 e. The quantitative estimate of drug-likeness (QED) is 0.214. The molecule has 188 valence electrons. The van der Waals surface area contributed by atoms with E-state index in [1.54, 1.807) is 0 Å². The van der Waals surface area contributed by atoms with Crippen molar-refractivity contribution in [3.63, 3.8) is 0 Å². The van der Waals surface area contributed by atoms with E-state index in [4.69, 9.17) is 4.74 Å². The van der Waals surface area contributed by atoms with E-state index in [-0.39, 0.29) is 0 Å². The average Bonchev–Trinajstić information content (AvgIpc) is 3.49. The Morgan fingerprint density at radius 1 is 0.550 bits per heavy atom. The maximum Gasteiger partial charge on any atom is 0.142 e. The monoisotopic (exact) mass is 511 g/mol. The lowest BCUT2D eigenvalue weighted by atomic mass is 9.66. The zero-order chi connectivity index (χ0) is 26.4. The molecule has 0 amide bonds. The fraction of sp³-hybridized carbons (Fsp3) is 0.0526. The molecule has 0 unspecified atom stereocenters. The second-order valence-electron chi connectivity index (χ2n) is 11.0. The normalized spacial score (nSPS) is 14.0. The van der Waals surface area contributed by atoms with Gasteiger partial charge < -0.3 is 9.30 Å². The Morgan fingerprint density at radius 3 is 1.93 bits per heavy atom. The van der Waals surface area contributed by atoms with Gasteiger partial charge in [0.2, 0.25) is 0 Å². The third-order valence-electron chi connectivity index (χ3n) is 8.91. The zero-order valence-corrected chi connectivity index (χ0v) is 22.1. The van der Waals surface area contributed by atoms with E-state index in [9.17, 15) is 0 Å². The van der Waals surface area contributed by atoms with E-state index >= 15 is 0 Å². The third-order valence-corrected chi connectivity index (χ3v) is 8.91. The van der Waals surface area contributed by atoms with Crippen LogP contribution in [-0.4, -0.2) is 4.57 Å². The van der Waals surface area contributed by atoms with Crippen molar-refractivity contribution in [3.05, 3.63) is 161 Å². The Balaban J connectivity index is 1.49. The Morgan fingerprint density at radius 2 is 1.18 bits per heavy atom. The first-order valence-corrected chi connectivity index (χ1v) is 13.9. The van der Waals surface area contributed by atoms with Crippen LogP contribution in [-0.2, 0) is 5.41 Å². The van der Waals surface area contributed by atoms with Gasteiger partial charge in [0.05, 0.1) is 21.8 Å². The fourth-order valence-electron chi connectivity index (χ4n) is 7.39. The van der Waals surface area contributed by atoms with Gasteiger partial charge in [-0.25, -0.2) is 0 Å². The second kappa shape index (κ2) is 7.74. The number of aryl methyl sites for hydroxylation is 1. The zero-order valence-electron chi connectivity index (χ0n) is 22.1. The smallest absolute Gasteiger partial charge is 0.142 e. The minimum Gasteiger partial charge on any atom is -0.456 e. The molecular weight excluding hydrogens is 486 g/mol. The molecule has 2 heteroatoms. The molecule has 0 fully saturated rings. The average molecular weight is 512 g/mol. The summed E-state index contributed by atoms with van der Waals surface area (Å²) in [4.78, 5) is 0. The van der Waals surface area contributed by atoms with Gasteiger partial charge in [-0.2, -0.15) is 0 Å². The van der Waals surface area contributed by atoms with Gasteiger partial charge in [-0.1, -0.05) is 103 Å². The van der Waals surface area contributed by atoms with Crippen LogP contribution in [0.5, 0.6) is 11.5 Å². The van der Waals surface area contributed by atoms with E-state index in [0.717, 1.165) is 28.1 Å². The summed E-state index contributed by atoms with van der Waals surface area (Å²) >= 11 is 0. The highest BCUT2D eigenvalue weighted by Gasteiger charge is 2.51. The lowest BCUT2D eigenvalue weighted by Gasteiger charge is -2.39. The van der Waals surface area contributed by atoms with Crippen LogP contribution >= 0.6 is 0 Å². The molecule has 2 aliphatic rings. The first kappa shape index (κ1) is 21.8. The van der Waals surface area contributed by atoms with Gasteiger partial charge in [0, 0.05) is 22.2 Å². The predicted molar refractivity (Wildman–Crippen MR) is 163 cm³/mol. The Kier molecular flexibility index (Phi) is 4.22. The van der Waals surface area contributed by atoms with E-state index in [2.05, 4.69) is 145 Å². The number of hydrogen-bond acceptors (Lipinski definition) is 1. The molecule has 1 aromatic heterocycles. The fourth-order valence-corrected chi connectivity index (χ4v) is 7.39. The lowest BCUT2D eigenvalue weighted by Crippen LogP contribution is -2.32. The Labute approximate surface area is 232 Å². The summed E-state index contributed by atoms with van der Waals surface area (Å²) in [6.07, 6.45) is 0. The molecule has 0 N–H and O–H groups in total. The molecule has 1 aliphatic heterocycles. The highest BCUT2D eigenvalue weighted by molar-refractivity contribution is 6.14. The van der Waals surface area contributed by atoms with Crippen LogP contribution < -0.4 is 4.74 Å². The van der Waals surface area contributed by atoms with Crippen molar-refractivity contribution in [2.24, 2.45) is 0 Å². The summed E-state index contributed by atoms with van der Waals surface area (Å²) in [7, 11) is 0. The summed E-state index contributed by atoms with van der Waals surface area (Å²) in [5.41, 5.74) is 11.9. The maximum absolute atomic E-state index is 6.99. The van der Waals surface area contributed by atoms with Crippen LogP contribution in [0.2, 0.25) is 0 Å². The number of hydrogen-bond donors (Lipinski definition) is 0. The molecule has 2 nitrogen and oxygen atoms in total. The molecule has 0 radical (unpaired) electrons. The van der Waals surface area contributed by atoms with Crippen LogP contribution in [0.4, 0.5) is 0 Å². The van der Waals surface area contributed by atoms with E-state index in [0.29, 0.717) is 0 Å². The van der Waals surface area contributed by atoms with Crippen molar-refractivity contribution in [2.75, 3.05) is 0 Å². The molecular formula is C38H25NO. The summed E-state index contributed by atoms with van der Waals surface area (Å²) in [5.74, 6) is 1.87. The molecule has 40 heavy (non-hydrogen) atoms. The van der Waals surface area contributed by atoms with Crippen molar-refractivity contribution >= 4 is 21.8 Å². The number of rotatable bonds is 1. The van der Waals surface area contributed by atoms with Crippen molar-refractivity contribution in [2.45, 2.75) is 12.3 Å². The van der Waals surface area contributed by atoms with Gasteiger partial charge in [-0.15, -0.1) is 0 Å². The molecule has 1 spiro atoms. The van der Waals surface area contributed by atoms with Gasteiger partial charge in [-0.05, 0) is 65.6 Å². The minimum atomic E-state index is -0.462. The molecule has 6 aromatic carbocycles. The standard InChI is InChI=1S/C38H25NO/c1-24-19-21-33-28(23-24)36-34(39(33)25-11-3-2-4-12-25)22-20-32-37(36)40-35-18-10-9-17-31(35)38(32)29-15-7-5-13-26(29)27-14-6-8-16-30(27)38/h2-23H,1H3. The highest BCUT2D eigenvalue weighted by atomic mass is 16.5. The van der Waals surface area contributed by atoms with Gasteiger partial charge in [0.25, 0.3) is 0 Å². The van der Waals surface area contributed by atoms with Crippen molar-refractivity contribution in [3.8, 4) is 28.3 Å². The molecule has 9 rings (SSSR count). The molecule has 1 aliphatic carbocycles. The summed E-state index contributed by atoms with van der Waals surface area (Å²) in [6, 6.07) is 48.4. The summed E-state index contributed by atoms with van der Waals surface area (Å²) in [6.45, 7) is 2.17.